The van der Waals surface area contributed by atoms with Gasteiger partial charge in [-0.05, 0) is 25.0 Å². The monoisotopic (exact) mass is 314 g/mol. The van der Waals surface area contributed by atoms with E-state index in [4.69, 9.17) is 4.74 Å². The maximum atomic E-state index is 5.11. The summed E-state index contributed by atoms with van der Waals surface area (Å²) in [6.07, 6.45) is 7.33. The van der Waals surface area contributed by atoms with Gasteiger partial charge in [0.1, 0.15) is 24.6 Å². The second-order valence-electron chi connectivity index (χ2n) is 5.66. The summed E-state index contributed by atoms with van der Waals surface area (Å²) in [7, 11) is 3.76. The number of aromatic nitrogens is 4. The zero-order valence-corrected chi connectivity index (χ0v) is 13.6. The van der Waals surface area contributed by atoms with Crippen molar-refractivity contribution < 1.29 is 4.74 Å². The van der Waals surface area contributed by atoms with Crippen LogP contribution in [0.15, 0.2) is 30.9 Å². The molecule has 7 nitrogen and oxygen atoms in total. The third-order valence-electron chi connectivity index (χ3n) is 4.23. The van der Waals surface area contributed by atoms with Crippen molar-refractivity contribution in [2.45, 2.75) is 25.5 Å². The maximum absolute atomic E-state index is 5.11. The molecule has 0 unspecified atom stereocenters. The molecule has 3 heterocycles. The van der Waals surface area contributed by atoms with E-state index < -0.39 is 0 Å². The average molecular weight is 314 g/mol. The Morgan fingerprint density at radius 1 is 1.22 bits per heavy atom. The van der Waals surface area contributed by atoms with Crippen LogP contribution in [-0.2, 0) is 11.3 Å². The number of hydrogen-bond acceptors (Lipinski definition) is 7. The van der Waals surface area contributed by atoms with Crippen molar-refractivity contribution in [1.29, 1.82) is 0 Å². The van der Waals surface area contributed by atoms with E-state index in [9.17, 15) is 0 Å². The minimum atomic E-state index is 0.445. The molecule has 2 aromatic rings. The van der Waals surface area contributed by atoms with Crippen LogP contribution in [0.3, 0.4) is 0 Å². The molecule has 0 saturated carbocycles. The van der Waals surface area contributed by atoms with Crippen molar-refractivity contribution in [2.75, 3.05) is 37.0 Å². The van der Waals surface area contributed by atoms with Crippen LogP contribution in [-0.4, -0.2) is 53.2 Å². The van der Waals surface area contributed by atoms with Crippen LogP contribution in [0.25, 0.3) is 0 Å². The molecule has 1 aliphatic heterocycles. The molecule has 7 heteroatoms. The van der Waals surface area contributed by atoms with Gasteiger partial charge in [-0.3, -0.25) is 0 Å². The molecule has 0 aromatic carbocycles. The van der Waals surface area contributed by atoms with E-state index in [1.807, 2.05) is 12.1 Å². The minimum absolute atomic E-state index is 0.445. The van der Waals surface area contributed by atoms with Crippen LogP contribution in [0.4, 0.5) is 11.6 Å². The Morgan fingerprint density at radius 3 is 2.74 bits per heavy atom. The fourth-order valence-electron chi connectivity index (χ4n) is 2.92. The molecule has 0 bridgehead atoms. The summed E-state index contributed by atoms with van der Waals surface area (Å²) in [6, 6.07) is 4.41. The number of anilines is 2. The number of hydrogen-bond donors (Lipinski definition) is 0. The van der Waals surface area contributed by atoms with Crippen molar-refractivity contribution in [3.63, 3.8) is 0 Å². The van der Waals surface area contributed by atoms with Crippen LogP contribution in [0.5, 0.6) is 0 Å². The first-order chi connectivity index (χ1) is 11.3. The summed E-state index contributed by atoms with van der Waals surface area (Å²) in [5.41, 5.74) is 0. The van der Waals surface area contributed by atoms with Crippen LogP contribution in [0, 0.1) is 0 Å². The fraction of sp³-hybridized carbons (Fsp3) is 0.500. The molecule has 1 aliphatic rings. The Labute approximate surface area is 136 Å². The second-order valence-corrected chi connectivity index (χ2v) is 5.66. The lowest BCUT2D eigenvalue weighted by molar-refractivity contribution is 0.178. The molecule has 3 rings (SSSR count). The molecule has 23 heavy (non-hydrogen) atoms. The van der Waals surface area contributed by atoms with Crippen LogP contribution in [0.2, 0.25) is 0 Å². The van der Waals surface area contributed by atoms with Crippen molar-refractivity contribution in [3.8, 4) is 0 Å². The first-order valence-electron chi connectivity index (χ1n) is 7.82. The molecule has 2 aromatic heterocycles. The Kier molecular flexibility index (Phi) is 4.97. The van der Waals surface area contributed by atoms with E-state index in [0.717, 1.165) is 43.4 Å². The number of methoxy groups -OCH3 is 1. The molecule has 0 N–H and O–H groups in total. The zero-order valence-electron chi connectivity index (χ0n) is 13.6. The number of piperidine rings is 1. The predicted molar refractivity (Wildman–Crippen MR) is 88.4 cm³/mol. The number of ether oxygens (including phenoxy) is 1. The van der Waals surface area contributed by atoms with Crippen molar-refractivity contribution >= 4 is 11.6 Å². The Balaban J connectivity index is 1.61. The molecule has 0 amide bonds. The highest BCUT2D eigenvalue weighted by Crippen LogP contribution is 2.23. The molecule has 1 fully saturated rings. The van der Waals surface area contributed by atoms with Crippen molar-refractivity contribution in [3.05, 3.63) is 36.7 Å². The minimum Gasteiger partial charge on any atom is -0.377 e. The second kappa shape index (κ2) is 7.32. The van der Waals surface area contributed by atoms with E-state index in [-0.39, 0.29) is 0 Å². The summed E-state index contributed by atoms with van der Waals surface area (Å²) < 4.78 is 5.11. The molecule has 0 radical (unpaired) electrons. The first kappa shape index (κ1) is 15.6. The van der Waals surface area contributed by atoms with Gasteiger partial charge in [-0.2, -0.15) is 0 Å². The third-order valence-corrected chi connectivity index (χ3v) is 4.23. The summed E-state index contributed by atoms with van der Waals surface area (Å²) in [6.45, 7) is 2.40. The van der Waals surface area contributed by atoms with E-state index in [1.165, 1.54) is 0 Å². The average Bonchev–Trinajstić information content (AvgIpc) is 2.62. The summed E-state index contributed by atoms with van der Waals surface area (Å²) in [4.78, 5) is 21.7. The first-order valence-corrected chi connectivity index (χ1v) is 7.82. The lowest BCUT2D eigenvalue weighted by Crippen LogP contribution is -2.44. The van der Waals surface area contributed by atoms with E-state index in [1.54, 1.807) is 25.8 Å². The fourth-order valence-corrected chi connectivity index (χ4v) is 2.92. The number of nitrogens with zero attached hydrogens (tertiary/aromatic N) is 6. The molecule has 0 atom stereocenters. The molecular weight excluding hydrogens is 292 g/mol. The van der Waals surface area contributed by atoms with Gasteiger partial charge >= 0.3 is 0 Å². The SMILES string of the molecule is COCc1nccc(N2CCC(N(C)c3ccncn3)CC2)n1. The molecule has 0 aliphatic carbocycles. The highest BCUT2D eigenvalue weighted by Gasteiger charge is 2.24. The van der Waals surface area contributed by atoms with E-state index in [2.05, 4.69) is 36.8 Å². The summed E-state index contributed by atoms with van der Waals surface area (Å²) in [5, 5.41) is 0. The van der Waals surface area contributed by atoms with Crippen molar-refractivity contribution in [2.24, 2.45) is 0 Å². The molecular formula is C16H22N6O. The van der Waals surface area contributed by atoms with Gasteiger partial charge in [-0.1, -0.05) is 0 Å². The van der Waals surface area contributed by atoms with Gasteiger partial charge in [-0.15, -0.1) is 0 Å². The van der Waals surface area contributed by atoms with Gasteiger partial charge in [-0.25, -0.2) is 19.9 Å². The largest absolute Gasteiger partial charge is 0.377 e. The van der Waals surface area contributed by atoms with Gasteiger partial charge in [0, 0.05) is 45.7 Å². The highest BCUT2D eigenvalue weighted by molar-refractivity contribution is 5.41. The normalized spacial score (nSPS) is 15.7. The maximum Gasteiger partial charge on any atom is 0.156 e. The van der Waals surface area contributed by atoms with Crippen LogP contribution in [0.1, 0.15) is 18.7 Å². The van der Waals surface area contributed by atoms with Crippen molar-refractivity contribution in [1.82, 2.24) is 19.9 Å². The molecule has 1 saturated heterocycles. The predicted octanol–water partition coefficient (Wildman–Crippen LogP) is 1.52. The van der Waals surface area contributed by atoms with Crippen LogP contribution >= 0.6 is 0 Å². The topological polar surface area (TPSA) is 67.3 Å². The lowest BCUT2D eigenvalue weighted by Gasteiger charge is -2.37. The Morgan fingerprint density at radius 2 is 2.04 bits per heavy atom. The van der Waals surface area contributed by atoms with Gasteiger partial charge < -0.3 is 14.5 Å². The van der Waals surface area contributed by atoms with Gasteiger partial charge in [0.2, 0.25) is 0 Å². The lowest BCUT2D eigenvalue weighted by atomic mass is 10.0. The molecule has 0 spiro atoms. The van der Waals surface area contributed by atoms with Crippen LogP contribution < -0.4 is 9.80 Å². The highest BCUT2D eigenvalue weighted by atomic mass is 16.5. The molecule has 122 valence electrons. The Bertz CT molecular complexity index is 615. The summed E-state index contributed by atoms with van der Waals surface area (Å²) in [5.74, 6) is 2.68. The van der Waals surface area contributed by atoms with Gasteiger partial charge in [0.15, 0.2) is 5.82 Å². The third kappa shape index (κ3) is 3.73. The zero-order chi connectivity index (χ0) is 16.1. The quantitative estimate of drug-likeness (QED) is 0.829. The van der Waals surface area contributed by atoms with E-state index >= 15 is 0 Å². The number of rotatable bonds is 5. The Hall–Kier alpha value is -2.28. The smallest absolute Gasteiger partial charge is 0.156 e. The standard InChI is InChI=1S/C16H22N6O/c1-21(15-3-7-17-12-19-15)13-5-9-22(10-6-13)16-4-8-18-14(20-16)11-23-2/h3-4,7-8,12-13H,5-6,9-11H2,1-2H3. The van der Waals surface area contributed by atoms with E-state index in [0.29, 0.717) is 12.6 Å². The summed E-state index contributed by atoms with van der Waals surface area (Å²) >= 11 is 0. The van der Waals surface area contributed by atoms with Gasteiger partial charge in [0.05, 0.1) is 0 Å². The van der Waals surface area contributed by atoms with Gasteiger partial charge in [0.25, 0.3) is 0 Å².